The van der Waals surface area contributed by atoms with Crippen LogP contribution in [0.5, 0.6) is 11.5 Å². The molecule has 0 aliphatic rings. The van der Waals surface area contributed by atoms with Crippen LogP contribution < -0.4 is 9.47 Å². The third-order valence-electron chi connectivity index (χ3n) is 2.36. The Hall–Kier alpha value is -1.84. The molecule has 0 bridgehead atoms. The number of esters is 1. The van der Waals surface area contributed by atoms with Gasteiger partial charge in [-0.1, -0.05) is 0 Å². The molecule has 120 valence electrons. The van der Waals surface area contributed by atoms with Gasteiger partial charge in [0, 0.05) is 6.08 Å². The van der Waals surface area contributed by atoms with Crippen LogP contribution in [0.25, 0.3) is 6.08 Å². The number of benzene rings is 1. The number of carbonyl (C=O) groups excluding carboxylic acids is 1. The van der Waals surface area contributed by atoms with E-state index in [9.17, 15) is 14.9 Å². The van der Waals surface area contributed by atoms with Gasteiger partial charge in [0.2, 0.25) is 6.20 Å². The molecule has 0 amide bonds. The molecule has 0 N–H and O–H groups in total. The second kappa shape index (κ2) is 9.23. The topological polar surface area (TPSA) is 87.9 Å². The second-order valence-electron chi connectivity index (χ2n) is 3.96. The van der Waals surface area contributed by atoms with Crippen molar-refractivity contribution in [1.82, 2.24) is 0 Å². The van der Waals surface area contributed by atoms with Crippen LogP contribution >= 0.6 is 22.6 Å². The number of carbonyl (C=O) groups is 1. The minimum Gasteiger partial charge on any atom is -0.490 e. The molecule has 22 heavy (non-hydrogen) atoms. The predicted molar refractivity (Wildman–Crippen MR) is 88.5 cm³/mol. The molecule has 0 fully saturated rings. The summed E-state index contributed by atoms with van der Waals surface area (Å²) in [5, 5.41) is 10.4. The summed E-state index contributed by atoms with van der Waals surface area (Å²) in [6.07, 6.45) is 2.21. The van der Waals surface area contributed by atoms with Crippen LogP contribution in [0.3, 0.4) is 0 Å². The molecule has 7 nitrogen and oxygen atoms in total. The molecule has 1 rings (SSSR count). The van der Waals surface area contributed by atoms with Gasteiger partial charge in [-0.05, 0) is 54.1 Å². The van der Waals surface area contributed by atoms with Gasteiger partial charge in [0.1, 0.15) is 0 Å². The van der Waals surface area contributed by atoms with Crippen molar-refractivity contribution < 1.29 is 23.9 Å². The Balaban J connectivity index is 3.00. The van der Waals surface area contributed by atoms with Crippen molar-refractivity contribution in [2.75, 3.05) is 19.8 Å². The fraction of sp³-hybridized carbons (Fsp3) is 0.357. The molecule has 0 atom stereocenters. The van der Waals surface area contributed by atoms with E-state index >= 15 is 0 Å². The summed E-state index contributed by atoms with van der Waals surface area (Å²) in [5.74, 6) is 0.355. The van der Waals surface area contributed by atoms with Crippen molar-refractivity contribution in [3.8, 4) is 11.5 Å². The van der Waals surface area contributed by atoms with E-state index in [1.165, 1.54) is 6.08 Å². The molecule has 0 unspecified atom stereocenters. The summed E-state index contributed by atoms with van der Waals surface area (Å²) in [4.78, 5) is 21.2. The van der Waals surface area contributed by atoms with E-state index in [1.54, 1.807) is 19.1 Å². The summed E-state index contributed by atoms with van der Waals surface area (Å²) in [6, 6.07) is 3.32. The van der Waals surface area contributed by atoms with Gasteiger partial charge in [-0.25, -0.2) is 4.79 Å². The fourth-order valence-corrected chi connectivity index (χ4v) is 2.35. The van der Waals surface area contributed by atoms with Crippen LogP contribution in [0, 0.1) is 13.7 Å². The minimum absolute atomic E-state index is 0.228. The minimum atomic E-state index is -0.543. The second-order valence-corrected chi connectivity index (χ2v) is 5.12. The predicted octanol–water partition coefficient (Wildman–Crippen LogP) is 2.88. The highest BCUT2D eigenvalue weighted by atomic mass is 127. The number of hydrogen-bond acceptors (Lipinski definition) is 6. The monoisotopic (exact) mass is 421 g/mol. The van der Waals surface area contributed by atoms with Gasteiger partial charge in [0.15, 0.2) is 18.1 Å². The first-order chi connectivity index (χ1) is 10.5. The van der Waals surface area contributed by atoms with E-state index in [1.807, 2.05) is 29.5 Å². The molecule has 0 aromatic heterocycles. The van der Waals surface area contributed by atoms with Crippen LogP contribution in [0.1, 0.15) is 19.4 Å². The lowest BCUT2D eigenvalue weighted by Crippen LogP contribution is -2.15. The number of nitrogens with zero attached hydrogens (tertiary/aromatic N) is 1. The van der Waals surface area contributed by atoms with E-state index in [0.717, 1.165) is 6.20 Å². The summed E-state index contributed by atoms with van der Waals surface area (Å²) in [7, 11) is 0. The maximum Gasteiger partial charge on any atom is 0.344 e. The first kappa shape index (κ1) is 18.2. The van der Waals surface area contributed by atoms with E-state index in [0.29, 0.717) is 27.2 Å². The molecule has 0 saturated carbocycles. The quantitative estimate of drug-likeness (QED) is 0.278. The van der Waals surface area contributed by atoms with Crippen LogP contribution in [0.15, 0.2) is 18.3 Å². The van der Waals surface area contributed by atoms with Gasteiger partial charge in [-0.15, -0.1) is 0 Å². The molecule has 1 aromatic carbocycles. The Labute approximate surface area is 141 Å². The highest BCUT2D eigenvalue weighted by Gasteiger charge is 2.14. The third-order valence-corrected chi connectivity index (χ3v) is 3.16. The van der Waals surface area contributed by atoms with Crippen LogP contribution in [-0.4, -0.2) is 30.7 Å². The normalized spacial score (nSPS) is 10.5. The Morgan fingerprint density at radius 3 is 2.64 bits per heavy atom. The highest BCUT2D eigenvalue weighted by molar-refractivity contribution is 14.1. The number of halogens is 1. The smallest absolute Gasteiger partial charge is 0.344 e. The summed E-state index contributed by atoms with van der Waals surface area (Å²) < 4.78 is 16.4. The Kier molecular flexibility index (Phi) is 7.64. The molecular weight excluding hydrogens is 405 g/mol. The lowest BCUT2D eigenvalue weighted by atomic mass is 10.2. The zero-order valence-electron chi connectivity index (χ0n) is 12.2. The molecular formula is C14H16INO6. The Morgan fingerprint density at radius 2 is 2.05 bits per heavy atom. The maximum absolute atomic E-state index is 11.4. The number of hydrogen-bond donors (Lipinski definition) is 0. The summed E-state index contributed by atoms with van der Waals surface area (Å²) >= 11 is 2.02. The van der Waals surface area contributed by atoms with Crippen LogP contribution in [0.2, 0.25) is 0 Å². The maximum atomic E-state index is 11.4. The first-order valence-electron chi connectivity index (χ1n) is 6.54. The molecule has 0 heterocycles. The Bertz CT molecular complexity index is 573. The molecule has 0 aliphatic carbocycles. The average Bonchev–Trinajstić information content (AvgIpc) is 2.44. The SMILES string of the molecule is CCOC(=O)COc1c(I)cc(/C=C/[N+](=O)[O-])cc1OCC. The van der Waals surface area contributed by atoms with Gasteiger partial charge in [-0.3, -0.25) is 10.1 Å². The molecule has 0 spiro atoms. The van der Waals surface area contributed by atoms with Crippen molar-refractivity contribution in [1.29, 1.82) is 0 Å². The van der Waals surface area contributed by atoms with Gasteiger partial charge in [-0.2, -0.15) is 0 Å². The zero-order valence-corrected chi connectivity index (χ0v) is 14.4. The Morgan fingerprint density at radius 1 is 1.32 bits per heavy atom. The van der Waals surface area contributed by atoms with E-state index < -0.39 is 10.9 Å². The first-order valence-corrected chi connectivity index (χ1v) is 7.62. The summed E-state index contributed by atoms with van der Waals surface area (Å²) in [5.41, 5.74) is 0.605. The van der Waals surface area contributed by atoms with Gasteiger partial charge in [0.05, 0.1) is 21.7 Å². The number of rotatable bonds is 8. The lowest BCUT2D eigenvalue weighted by Gasteiger charge is -2.14. The number of nitro groups is 1. The standard InChI is InChI=1S/C14H16INO6/c1-3-20-12-8-10(5-6-16(18)19)7-11(15)14(12)22-9-13(17)21-4-2/h5-8H,3-4,9H2,1-2H3/b6-5+. The van der Waals surface area contributed by atoms with Crippen LogP contribution in [-0.2, 0) is 9.53 Å². The molecule has 0 aliphatic heterocycles. The fourth-order valence-electron chi connectivity index (χ4n) is 1.57. The van der Waals surface area contributed by atoms with E-state index in [4.69, 9.17) is 14.2 Å². The van der Waals surface area contributed by atoms with Crippen molar-refractivity contribution in [3.05, 3.63) is 37.6 Å². The molecule has 0 radical (unpaired) electrons. The largest absolute Gasteiger partial charge is 0.490 e. The van der Waals surface area contributed by atoms with Crippen molar-refractivity contribution in [2.45, 2.75) is 13.8 Å². The molecule has 8 heteroatoms. The van der Waals surface area contributed by atoms with E-state index in [2.05, 4.69) is 0 Å². The average molecular weight is 421 g/mol. The molecule has 0 saturated heterocycles. The number of ether oxygens (including phenoxy) is 3. The van der Waals surface area contributed by atoms with E-state index in [-0.39, 0.29) is 13.2 Å². The lowest BCUT2D eigenvalue weighted by molar-refractivity contribution is -0.400. The summed E-state index contributed by atoms with van der Waals surface area (Å²) in [6.45, 7) is 3.97. The third kappa shape index (κ3) is 5.88. The van der Waals surface area contributed by atoms with Crippen LogP contribution in [0.4, 0.5) is 0 Å². The van der Waals surface area contributed by atoms with Gasteiger partial charge >= 0.3 is 5.97 Å². The van der Waals surface area contributed by atoms with Gasteiger partial charge in [0.25, 0.3) is 0 Å². The molecule has 1 aromatic rings. The van der Waals surface area contributed by atoms with Gasteiger partial charge < -0.3 is 14.2 Å². The van der Waals surface area contributed by atoms with Crippen molar-refractivity contribution in [3.63, 3.8) is 0 Å². The zero-order chi connectivity index (χ0) is 16.5. The van der Waals surface area contributed by atoms with Crippen molar-refractivity contribution in [2.24, 2.45) is 0 Å². The highest BCUT2D eigenvalue weighted by Crippen LogP contribution is 2.34. The van der Waals surface area contributed by atoms with Crippen molar-refractivity contribution >= 4 is 34.6 Å².